The normalized spacial score (nSPS) is 14.7. The molecular weight excluding hydrogens is 264 g/mol. The Labute approximate surface area is 97.0 Å². The standard InChI is InChI=1S/C6H12NO7P.ClH/c7-6(3-5(10)11,15(12,13)14)2-1-4(8)9;/h1-3,7H2,(H,8,9)(H,10,11)(H2,12,13,14);1H. The fourth-order valence-corrected chi connectivity index (χ4v) is 1.67. The van der Waals surface area contributed by atoms with Gasteiger partial charge in [-0.2, -0.15) is 0 Å². The Morgan fingerprint density at radius 2 is 1.62 bits per heavy atom. The molecule has 0 saturated heterocycles. The van der Waals surface area contributed by atoms with E-state index in [1.54, 1.807) is 0 Å². The molecule has 6 N–H and O–H groups in total. The van der Waals surface area contributed by atoms with Crippen LogP contribution in [-0.2, 0) is 14.2 Å². The van der Waals surface area contributed by atoms with Crippen molar-refractivity contribution < 1.29 is 34.2 Å². The van der Waals surface area contributed by atoms with Crippen LogP contribution in [0, 0.1) is 0 Å². The molecule has 0 radical (unpaired) electrons. The zero-order chi connectivity index (χ0) is 12.3. The predicted molar refractivity (Wildman–Crippen MR) is 55.3 cm³/mol. The highest BCUT2D eigenvalue weighted by atomic mass is 35.5. The van der Waals surface area contributed by atoms with E-state index in [0.29, 0.717) is 0 Å². The Morgan fingerprint density at radius 1 is 1.19 bits per heavy atom. The molecule has 0 aliphatic carbocycles. The highest BCUT2D eigenvalue weighted by Gasteiger charge is 2.45. The summed E-state index contributed by atoms with van der Waals surface area (Å²) in [6.45, 7) is 0. The van der Waals surface area contributed by atoms with Crippen LogP contribution in [0.4, 0.5) is 0 Å². The minimum absolute atomic E-state index is 0. The van der Waals surface area contributed by atoms with E-state index in [1.807, 2.05) is 0 Å². The van der Waals surface area contributed by atoms with Crippen LogP contribution in [0.3, 0.4) is 0 Å². The molecule has 0 aromatic rings. The van der Waals surface area contributed by atoms with Crippen molar-refractivity contribution in [3.05, 3.63) is 0 Å². The minimum atomic E-state index is -4.86. The van der Waals surface area contributed by atoms with Crippen LogP contribution in [0.25, 0.3) is 0 Å². The highest BCUT2D eigenvalue weighted by molar-refractivity contribution is 7.53. The fourth-order valence-electron chi connectivity index (χ4n) is 0.922. The molecule has 0 aromatic heterocycles. The number of hydrogen-bond donors (Lipinski definition) is 5. The van der Waals surface area contributed by atoms with Crippen LogP contribution in [-0.4, -0.2) is 37.2 Å². The number of aliphatic carboxylic acids is 2. The molecule has 0 aromatic carbocycles. The Morgan fingerprint density at radius 3 is 1.88 bits per heavy atom. The number of hydrogen-bond acceptors (Lipinski definition) is 4. The van der Waals surface area contributed by atoms with Gasteiger partial charge in [0.1, 0.15) is 5.28 Å². The van der Waals surface area contributed by atoms with Gasteiger partial charge < -0.3 is 25.7 Å². The lowest BCUT2D eigenvalue weighted by Crippen LogP contribution is -2.42. The first-order valence-corrected chi connectivity index (χ1v) is 5.48. The average Bonchev–Trinajstić information content (AvgIpc) is 1.97. The predicted octanol–water partition coefficient (Wildman–Crippen LogP) is -0.420. The van der Waals surface area contributed by atoms with Crippen molar-refractivity contribution in [2.75, 3.05) is 0 Å². The van der Waals surface area contributed by atoms with Crippen LogP contribution in [0.5, 0.6) is 0 Å². The zero-order valence-corrected chi connectivity index (χ0v) is 9.78. The van der Waals surface area contributed by atoms with Gasteiger partial charge >= 0.3 is 19.5 Å². The smallest absolute Gasteiger partial charge is 0.345 e. The lowest BCUT2D eigenvalue weighted by molar-refractivity contribution is -0.140. The molecule has 0 saturated carbocycles. The van der Waals surface area contributed by atoms with Gasteiger partial charge in [0.2, 0.25) is 0 Å². The highest BCUT2D eigenvalue weighted by Crippen LogP contribution is 2.51. The van der Waals surface area contributed by atoms with Crippen LogP contribution in [0.1, 0.15) is 19.3 Å². The summed E-state index contributed by atoms with van der Waals surface area (Å²) in [6, 6.07) is 0. The number of carboxylic acid groups (broad SMARTS) is 2. The lowest BCUT2D eigenvalue weighted by atomic mass is 10.1. The van der Waals surface area contributed by atoms with Crippen molar-refractivity contribution in [1.82, 2.24) is 0 Å². The SMILES string of the molecule is Cl.NC(CCC(=O)O)(CC(=O)O)P(=O)(O)O. The first-order valence-electron chi connectivity index (χ1n) is 3.86. The molecule has 1 atom stereocenters. The molecule has 0 bridgehead atoms. The second-order valence-electron chi connectivity index (χ2n) is 3.11. The Kier molecular flexibility index (Phi) is 6.83. The van der Waals surface area contributed by atoms with Gasteiger partial charge in [0, 0.05) is 6.42 Å². The maximum absolute atomic E-state index is 10.9. The molecule has 96 valence electrons. The van der Waals surface area contributed by atoms with E-state index in [-0.39, 0.29) is 12.4 Å². The number of halogens is 1. The first kappa shape index (κ1) is 17.7. The molecule has 0 rings (SSSR count). The van der Waals surface area contributed by atoms with Crippen LogP contribution >= 0.6 is 20.0 Å². The van der Waals surface area contributed by atoms with Crippen molar-refractivity contribution in [1.29, 1.82) is 0 Å². The second-order valence-corrected chi connectivity index (χ2v) is 5.09. The van der Waals surface area contributed by atoms with Crippen LogP contribution in [0.15, 0.2) is 0 Å². The zero-order valence-electron chi connectivity index (χ0n) is 8.07. The summed E-state index contributed by atoms with van der Waals surface area (Å²) >= 11 is 0. The molecule has 0 fully saturated rings. The third-order valence-corrected chi connectivity index (χ3v) is 3.35. The molecule has 16 heavy (non-hydrogen) atoms. The first-order chi connectivity index (χ1) is 6.58. The van der Waals surface area contributed by atoms with Gasteiger partial charge in [0.15, 0.2) is 0 Å². The van der Waals surface area contributed by atoms with E-state index < -0.39 is 44.1 Å². The van der Waals surface area contributed by atoms with E-state index in [9.17, 15) is 14.2 Å². The largest absolute Gasteiger partial charge is 0.481 e. The van der Waals surface area contributed by atoms with Crippen molar-refractivity contribution >= 4 is 31.9 Å². The summed E-state index contributed by atoms with van der Waals surface area (Å²) in [4.78, 5) is 38.2. The summed E-state index contributed by atoms with van der Waals surface area (Å²) in [5.74, 6) is -2.80. The molecular formula is C6H13ClNO7P. The van der Waals surface area contributed by atoms with Crippen molar-refractivity contribution in [3.63, 3.8) is 0 Å². The third kappa shape index (κ3) is 5.43. The summed E-state index contributed by atoms with van der Waals surface area (Å²) in [5, 5.41) is 14.4. The summed E-state index contributed by atoms with van der Waals surface area (Å²) < 4.78 is 10.9. The Bertz CT molecular complexity index is 316. The van der Waals surface area contributed by atoms with Gasteiger partial charge in [0.05, 0.1) is 6.42 Å². The van der Waals surface area contributed by atoms with Gasteiger partial charge in [0.25, 0.3) is 0 Å². The van der Waals surface area contributed by atoms with Crippen molar-refractivity contribution in [3.8, 4) is 0 Å². The molecule has 0 spiro atoms. The van der Waals surface area contributed by atoms with E-state index >= 15 is 0 Å². The van der Waals surface area contributed by atoms with Crippen LogP contribution in [0.2, 0.25) is 0 Å². The van der Waals surface area contributed by atoms with Gasteiger partial charge in [-0.05, 0) is 6.42 Å². The van der Waals surface area contributed by atoms with E-state index in [0.717, 1.165) is 0 Å². The monoisotopic (exact) mass is 277 g/mol. The van der Waals surface area contributed by atoms with Gasteiger partial charge in [-0.15, -0.1) is 12.4 Å². The molecule has 0 heterocycles. The number of carbonyl (C=O) groups is 2. The van der Waals surface area contributed by atoms with Crippen molar-refractivity contribution in [2.24, 2.45) is 5.73 Å². The molecule has 1 unspecified atom stereocenters. The molecule has 8 nitrogen and oxygen atoms in total. The quantitative estimate of drug-likeness (QED) is 0.409. The number of carboxylic acids is 2. The van der Waals surface area contributed by atoms with Gasteiger partial charge in [-0.25, -0.2) is 0 Å². The maximum Gasteiger partial charge on any atom is 0.345 e. The Hall–Kier alpha value is -0.660. The Balaban J connectivity index is 0. The molecule has 10 heteroatoms. The summed E-state index contributed by atoms with van der Waals surface area (Å²) in [5.41, 5.74) is 5.22. The van der Waals surface area contributed by atoms with E-state index in [4.69, 9.17) is 25.7 Å². The maximum atomic E-state index is 10.9. The minimum Gasteiger partial charge on any atom is -0.481 e. The van der Waals surface area contributed by atoms with Gasteiger partial charge in [-0.3, -0.25) is 14.2 Å². The molecule has 0 amide bonds. The summed E-state index contributed by atoms with van der Waals surface area (Å²) in [6.07, 6.45) is -2.18. The average molecular weight is 278 g/mol. The number of nitrogens with two attached hydrogens (primary N) is 1. The summed E-state index contributed by atoms with van der Waals surface area (Å²) in [7, 11) is -4.86. The molecule has 0 aliphatic rings. The third-order valence-electron chi connectivity index (χ3n) is 1.81. The van der Waals surface area contributed by atoms with Gasteiger partial charge in [-0.1, -0.05) is 0 Å². The van der Waals surface area contributed by atoms with Crippen LogP contribution < -0.4 is 5.73 Å². The van der Waals surface area contributed by atoms with E-state index in [2.05, 4.69) is 0 Å². The number of rotatable bonds is 6. The van der Waals surface area contributed by atoms with E-state index in [1.165, 1.54) is 0 Å². The second kappa shape index (κ2) is 6.17. The topological polar surface area (TPSA) is 158 Å². The lowest BCUT2D eigenvalue weighted by Gasteiger charge is -2.27. The molecule has 0 aliphatic heterocycles. The fraction of sp³-hybridized carbons (Fsp3) is 0.667. The van der Waals surface area contributed by atoms with Crippen molar-refractivity contribution in [2.45, 2.75) is 24.5 Å².